The minimum atomic E-state index is -0.847. The van der Waals surface area contributed by atoms with Gasteiger partial charge < -0.3 is 19.7 Å². The van der Waals surface area contributed by atoms with E-state index in [4.69, 9.17) is 9.47 Å². The summed E-state index contributed by atoms with van der Waals surface area (Å²) in [6, 6.07) is 20.6. The number of ether oxygens (including phenoxy) is 2. The third-order valence-electron chi connectivity index (χ3n) is 7.39. The van der Waals surface area contributed by atoms with Gasteiger partial charge in [-0.05, 0) is 41.5 Å². The highest BCUT2D eigenvalue weighted by atomic mass is 16.7. The molecule has 3 amide bonds. The number of amides is 3. The highest BCUT2D eigenvalue weighted by molar-refractivity contribution is 6.24. The van der Waals surface area contributed by atoms with E-state index >= 15 is 0 Å². The minimum Gasteiger partial charge on any atom is -0.454 e. The molecule has 3 aromatic carbocycles. The van der Waals surface area contributed by atoms with E-state index in [0.717, 1.165) is 11.1 Å². The quantitative estimate of drug-likeness (QED) is 0.578. The van der Waals surface area contributed by atoms with Crippen LogP contribution >= 0.6 is 0 Å². The molecule has 178 valence electrons. The number of benzene rings is 3. The number of carbonyl (C=O) groups excluding carboxylic acids is 3. The Labute approximate surface area is 206 Å². The number of hydrogen-bond donors (Lipinski definition) is 1. The molecule has 7 rings (SSSR count). The average molecular weight is 479 g/mol. The summed E-state index contributed by atoms with van der Waals surface area (Å²) in [5, 5.41) is 2.94. The van der Waals surface area contributed by atoms with E-state index in [1.54, 1.807) is 30.3 Å². The first-order valence-corrected chi connectivity index (χ1v) is 11.8. The lowest BCUT2D eigenvalue weighted by molar-refractivity contribution is -0.128. The van der Waals surface area contributed by atoms with Gasteiger partial charge >= 0.3 is 0 Å². The van der Waals surface area contributed by atoms with Crippen molar-refractivity contribution in [2.75, 3.05) is 17.0 Å². The summed E-state index contributed by atoms with van der Waals surface area (Å²) < 4.78 is 10.8. The van der Waals surface area contributed by atoms with Crippen LogP contribution in [-0.4, -0.2) is 35.5 Å². The monoisotopic (exact) mass is 479 g/mol. The third-order valence-corrected chi connectivity index (χ3v) is 7.39. The highest BCUT2D eigenvalue weighted by Gasteiger charge is 2.64. The third kappa shape index (κ3) is 2.90. The van der Waals surface area contributed by atoms with Gasteiger partial charge in [0.2, 0.25) is 24.5 Å². The van der Waals surface area contributed by atoms with Crippen molar-refractivity contribution in [2.24, 2.45) is 11.8 Å². The van der Waals surface area contributed by atoms with Gasteiger partial charge in [-0.15, -0.1) is 0 Å². The zero-order chi connectivity index (χ0) is 24.4. The molecule has 4 heterocycles. The molecule has 0 spiro atoms. The first kappa shape index (κ1) is 20.8. The second kappa shape index (κ2) is 7.71. The molecule has 0 saturated carbocycles. The topological polar surface area (TPSA) is 88.2 Å². The number of imide groups is 1. The molecule has 4 aliphatic heterocycles. The maximum atomic E-state index is 13.9. The number of rotatable bonds is 3. The molecule has 0 unspecified atom stereocenters. The van der Waals surface area contributed by atoms with Gasteiger partial charge in [0, 0.05) is 18.0 Å². The van der Waals surface area contributed by atoms with Crippen LogP contribution in [0.25, 0.3) is 6.08 Å². The number of fused-ring (bicyclic) bond motifs is 6. The van der Waals surface area contributed by atoms with E-state index in [1.807, 2.05) is 59.6 Å². The smallest absolute Gasteiger partial charge is 0.247 e. The molecule has 8 nitrogen and oxygen atoms in total. The van der Waals surface area contributed by atoms with E-state index in [2.05, 4.69) is 5.32 Å². The maximum absolute atomic E-state index is 13.9. The summed E-state index contributed by atoms with van der Waals surface area (Å²) in [5.74, 6) is -1.53. The van der Waals surface area contributed by atoms with E-state index in [-0.39, 0.29) is 18.6 Å². The summed E-state index contributed by atoms with van der Waals surface area (Å²) in [6.45, 7) is 0.0911. The van der Waals surface area contributed by atoms with Crippen molar-refractivity contribution >= 4 is 35.2 Å². The van der Waals surface area contributed by atoms with Crippen molar-refractivity contribution in [1.82, 2.24) is 4.90 Å². The number of hydrogen-bond acceptors (Lipinski definition) is 6. The van der Waals surface area contributed by atoms with Crippen LogP contribution in [-0.2, 0) is 14.4 Å². The van der Waals surface area contributed by atoms with Crippen molar-refractivity contribution in [3.8, 4) is 11.5 Å². The van der Waals surface area contributed by atoms with Crippen molar-refractivity contribution in [3.63, 3.8) is 0 Å². The van der Waals surface area contributed by atoms with Gasteiger partial charge in [0.05, 0.1) is 23.6 Å². The Bertz CT molecular complexity index is 1450. The van der Waals surface area contributed by atoms with Crippen LogP contribution < -0.4 is 19.7 Å². The second-order valence-corrected chi connectivity index (χ2v) is 9.24. The van der Waals surface area contributed by atoms with Crippen molar-refractivity contribution < 1.29 is 23.9 Å². The number of para-hydroxylation sites is 1. The fraction of sp³-hybridized carbons (Fsp3) is 0.179. The van der Waals surface area contributed by atoms with Gasteiger partial charge in [-0.25, -0.2) is 4.90 Å². The van der Waals surface area contributed by atoms with E-state index in [0.29, 0.717) is 22.9 Å². The van der Waals surface area contributed by atoms with Crippen LogP contribution in [0.2, 0.25) is 0 Å². The Balaban J connectivity index is 1.32. The summed E-state index contributed by atoms with van der Waals surface area (Å²) in [5.41, 5.74) is 2.95. The maximum Gasteiger partial charge on any atom is 0.247 e. The fourth-order valence-electron chi connectivity index (χ4n) is 5.87. The van der Waals surface area contributed by atoms with E-state index < -0.39 is 29.8 Å². The SMILES string of the molecule is O=C(Nc1ccccc1)[C@H]1[C@@H]2C(=O)N(c3ccc4c(c3)OCO4)C(=O)[C@@H]2[C@H]2c3ccccc3C=CN21. The van der Waals surface area contributed by atoms with Gasteiger partial charge in [0.15, 0.2) is 11.5 Å². The van der Waals surface area contributed by atoms with E-state index in [1.165, 1.54) is 4.90 Å². The van der Waals surface area contributed by atoms with Gasteiger partial charge in [0.1, 0.15) is 6.04 Å². The molecule has 3 aromatic rings. The lowest BCUT2D eigenvalue weighted by atomic mass is 9.84. The lowest BCUT2D eigenvalue weighted by Crippen LogP contribution is -2.46. The van der Waals surface area contributed by atoms with E-state index in [9.17, 15) is 14.4 Å². The van der Waals surface area contributed by atoms with Gasteiger partial charge in [-0.1, -0.05) is 42.5 Å². The van der Waals surface area contributed by atoms with Crippen LogP contribution in [0.4, 0.5) is 11.4 Å². The van der Waals surface area contributed by atoms with Crippen molar-refractivity contribution in [1.29, 1.82) is 0 Å². The Kier molecular flexibility index (Phi) is 4.44. The standard InChI is InChI=1S/C28H21N3O5/c32-26(29-17-7-2-1-3-8-17)25-23-22(24-19-9-5-4-6-16(19)12-13-30(24)25)27(33)31(28(23)34)18-10-11-20-21(14-18)36-15-35-20/h1-14,22-25H,15H2,(H,29,32)/t22-,23+,24+,25+/m0/s1. The van der Waals surface area contributed by atoms with Gasteiger partial charge in [-0.2, -0.15) is 0 Å². The van der Waals surface area contributed by atoms with Crippen molar-refractivity contribution in [3.05, 3.63) is 90.1 Å². The largest absolute Gasteiger partial charge is 0.454 e. The summed E-state index contributed by atoms with van der Waals surface area (Å²) in [7, 11) is 0. The predicted molar refractivity (Wildman–Crippen MR) is 131 cm³/mol. The highest BCUT2D eigenvalue weighted by Crippen LogP contribution is 2.53. The first-order valence-electron chi connectivity index (χ1n) is 11.8. The Hall–Kier alpha value is -4.59. The van der Waals surface area contributed by atoms with Crippen molar-refractivity contribution in [2.45, 2.75) is 12.1 Å². The molecule has 0 bridgehead atoms. The molecule has 0 radical (unpaired) electrons. The Morgan fingerprint density at radius 3 is 2.47 bits per heavy atom. The number of anilines is 2. The van der Waals surface area contributed by atoms with Crippen LogP contribution in [0.5, 0.6) is 11.5 Å². The molecule has 2 saturated heterocycles. The Morgan fingerprint density at radius 2 is 1.61 bits per heavy atom. The number of nitrogens with one attached hydrogen (secondary N) is 1. The minimum absolute atomic E-state index is 0.0911. The molecule has 36 heavy (non-hydrogen) atoms. The van der Waals surface area contributed by atoms with Crippen LogP contribution in [0.3, 0.4) is 0 Å². The zero-order valence-electron chi connectivity index (χ0n) is 19.0. The summed E-state index contributed by atoms with van der Waals surface area (Å²) >= 11 is 0. The first-order chi connectivity index (χ1) is 17.6. The summed E-state index contributed by atoms with van der Waals surface area (Å²) in [6.07, 6.45) is 3.77. The lowest BCUT2D eigenvalue weighted by Gasteiger charge is -2.35. The zero-order valence-corrected chi connectivity index (χ0v) is 19.0. The van der Waals surface area contributed by atoms with Crippen LogP contribution in [0.1, 0.15) is 17.2 Å². The molecule has 1 N–H and O–H groups in total. The molecular formula is C28H21N3O5. The van der Waals surface area contributed by atoms with Gasteiger partial charge in [0.25, 0.3) is 0 Å². The predicted octanol–water partition coefficient (Wildman–Crippen LogP) is 3.57. The number of carbonyl (C=O) groups is 3. The molecule has 2 fully saturated rings. The molecule has 8 heteroatoms. The van der Waals surface area contributed by atoms with Crippen LogP contribution in [0.15, 0.2) is 79.0 Å². The normalized spacial score (nSPS) is 25.0. The average Bonchev–Trinajstić information content (AvgIpc) is 3.57. The molecule has 0 aliphatic carbocycles. The molecule has 0 aromatic heterocycles. The summed E-state index contributed by atoms with van der Waals surface area (Å²) in [4.78, 5) is 44.6. The Morgan fingerprint density at radius 1 is 0.861 bits per heavy atom. The van der Waals surface area contributed by atoms with Crippen LogP contribution in [0, 0.1) is 11.8 Å². The van der Waals surface area contributed by atoms with Gasteiger partial charge in [-0.3, -0.25) is 14.4 Å². The number of nitrogens with zero attached hydrogens (tertiary/aromatic N) is 2. The fourth-order valence-corrected chi connectivity index (χ4v) is 5.87. The molecular weight excluding hydrogens is 458 g/mol. The molecule has 4 atom stereocenters. The molecule has 4 aliphatic rings. The second-order valence-electron chi connectivity index (χ2n) is 9.24.